The van der Waals surface area contributed by atoms with Crippen LogP contribution in [-0.4, -0.2) is 16.0 Å². The van der Waals surface area contributed by atoms with Crippen molar-refractivity contribution < 1.29 is 9.90 Å². The number of pyridine rings is 1. The Morgan fingerprint density at radius 1 is 1.14 bits per heavy atom. The number of carbonyl (C=O) groups excluding carboxylic acids is 1. The van der Waals surface area contributed by atoms with Crippen molar-refractivity contribution >= 4 is 5.91 Å². The topological polar surface area (TPSA) is 62.2 Å². The van der Waals surface area contributed by atoms with E-state index < -0.39 is 0 Å². The highest BCUT2D eigenvalue weighted by Gasteiger charge is 2.23. The highest BCUT2D eigenvalue weighted by molar-refractivity contribution is 5.95. The largest absolute Gasteiger partial charge is 0.390 e. The lowest BCUT2D eigenvalue weighted by Crippen LogP contribution is -2.26. The first-order chi connectivity index (χ1) is 10.8. The summed E-state index contributed by atoms with van der Waals surface area (Å²) in [6, 6.07) is 13.3. The highest BCUT2D eigenvalue weighted by atomic mass is 16.3. The van der Waals surface area contributed by atoms with E-state index in [2.05, 4.69) is 16.4 Å². The number of rotatable bonds is 5. The van der Waals surface area contributed by atoms with Gasteiger partial charge in [0.15, 0.2) is 0 Å². The molecule has 0 aliphatic heterocycles. The second-order valence-electron chi connectivity index (χ2n) is 5.68. The summed E-state index contributed by atoms with van der Waals surface area (Å²) in [5.74, 6) is 0.469. The van der Waals surface area contributed by atoms with Crippen molar-refractivity contribution in [3.05, 3.63) is 65.0 Å². The fourth-order valence-electron chi connectivity index (χ4n) is 2.76. The third-order valence-electron chi connectivity index (χ3n) is 4.21. The van der Waals surface area contributed by atoms with Crippen molar-refractivity contribution in [2.75, 3.05) is 0 Å². The van der Waals surface area contributed by atoms with Gasteiger partial charge < -0.3 is 10.4 Å². The van der Waals surface area contributed by atoms with Gasteiger partial charge in [-0.2, -0.15) is 0 Å². The van der Waals surface area contributed by atoms with Crippen LogP contribution in [0.2, 0.25) is 0 Å². The molecule has 0 radical (unpaired) electrons. The van der Waals surface area contributed by atoms with E-state index in [1.165, 1.54) is 19.3 Å². The summed E-state index contributed by atoms with van der Waals surface area (Å²) in [6.07, 6.45) is 3.59. The zero-order valence-electron chi connectivity index (χ0n) is 12.5. The first-order valence-electron chi connectivity index (χ1n) is 7.70. The van der Waals surface area contributed by atoms with E-state index in [4.69, 9.17) is 5.11 Å². The standard InChI is InChI=1S/C18H20N2O2/c21-12-15-8-4-7-14(20-15)11-19-18(22)17-10-2-1-9-16(17)13-5-3-6-13/h1-2,4,7-10,13,21H,3,5-6,11-12H2,(H,19,22). The van der Waals surface area contributed by atoms with Crippen LogP contribution in [0.1, 0.15) is 52.5 Å². The summed E-state index contributed by atoms with van der Waals surface area (Å²) in [6.45, 7) is 0.276. The lowest BCUT2D eigenvalue weighted by molar-refractivity contribution is 0.0948. The molecule has 22 heavy (non-hydrogen) atoms. The van der Waals surface area contributed by atoms with Crippen LogP contribution >= 0.6 is 0 Å². The van der Waals surface area contributed by atoms with Crippen molar-refractivity contribution in [1.29, 1.82) is 0 Å². The molecule has 0 spiro atoms. The Balaban J connectivity index is 1.69. The SMILES string of the molecule is O=C(NCc1cccc(CO)n1)c1ccccc1C1CCC1. The number of benzene rings is 1. The molecule has 4 heteroatoms. The Labute approximate surface area is 130 Å². The van der Waals surface area contributed by atoms with Gasteiger partial charge >= 0.3 is 0 Å². The van der Waals surface area contributed by atoms with Gasteiger partial charge in [-0.3, -0.25) is 9.78 Å². The van der Waals surface area contributed by atoms with Gasteiger partial charge in [0.25, 0.3) is 5.91 Å². The maximum Gasteiger partial charge on any atom is 0.251 e. The van der Waals surface area contributed by atoms with E-state index in [1.807, 2.05) is 30.3 Å². The summed E-state index contributed by atoms with van der Waals surface area (Å²) in [5.41, 5.74) is 3.29. The lowest BCUT2D eigenvalue weighted by atomic mass is 9.78. The van der Waals surface area contributed by atoms with Gasteiger partial charge in [0.1, 0.15) is 0 Å². The number of carbonyl (C=O) groups is 1. The number of hydrogen-bond donors (Lipinski definition) is 2. The van der Waals surface area contributed by atoms with Gasteiger partial charge in [-0.1, -0.05) is 30.7 Å². The van der Waals surface area contributed by atoms with Gasteiger partial charge in [0, 0.05) is 5.56 Å². The quantitative estimate of drug-likeness (QED) is 0.892. The minimum Gasteiger partial charge on any atom is -0.390 e. The molecule has 3 rings (SSSR count). The summed E-state index contributed by atoms with van der Waals surface area (Å²) in [5, 5.41) is 12.0. The van der Waals surface area contributed by atoms with Crippen LogP contribution in [-0.2, 0) is 13.2 Å². The normalized spacial score (nSPS) is 14.4. The minimum absolute atomic E-state index is 0.0568. The third-order valence-corrected chi connectivity index (χ3v) is 4.21. The van der Waals surface area contributed by atoms with E-state index in [1.54, 1.807) is 6.07 Å². The molecular formula is C18H20N2O2. The van der Waals surface area contributed by atoms with Crippen LogP contribution < -0.4 is 5.32 Å². The molecule has 2 aromatic rings. The van der Waals surface area contributed by atoms with Crippen molar-refractivity contribution in [1.82, 2.24) is 10.3 Å². The third kappa shape index (κ3) is 3.17. The number of aromatic nitrogens is 1. The maximum atomic E-state index is 12.4. The maximum absolute atomic E-state index is 12.4. The Hall–Kier alpha value is -2.20. The van der Waals surface area contributed by atoms with Gasteiger partial charge in [-0.25, -0.2) is 0 Å². The average molecular weight is 296 g/mol. The monoisotopic (exact) mass is 296 g/mol. The summed E-state index contributed by atoms with van der Waals surface area (Å²) in [7, 11) is 0. The predicted octanol–water partition coefficient (Wildman–Crippen LogP) is 2.77. The zero-order chi connectivity index (χ0) is 15.4. The molecule has 1 aliphatic rings. The molecule has 0 saturated heterocycles. The lowest BCUT2D eigenvalue weighted by Gasteiger charge is -2.27. The molecule has 0 bridgehead atoms. The fraction of sp³-hybridized carbons (Fsp3) is 0.333. The van der Waals surface area contributed by atoms with Crippen molar-refractivity contribution in [2.24, 2.45) is 0 Å². The van der Waals surface area contributed by atoms with E-state index in [9.17, 15) is 4.79 Å². The predicted molar refractivity (Wildman–Crippen MR) is 84.4 cm³/mol. The van der Waals surface area contributed by atoms with Gasteiger partial charge in [0.2, 0.25) is 0 Å². The number of hydrogen-bond acceptors (Lipinski definition) is 3. The Kier molecular flexibility index (Phi) is 4.49. The van der Waals surface area contributed by atoms with Crippen molar-refractivity contribution in [3.8, 4) is 0 Å². The van der Waals surface area contributed by atoms with E-state index in [0.29, 0.717) is 18.2 Å². The molecule has 4 nitrogen and oxygen atoms in total. The molecule has 2 N–H and O–H groups in total. The molecular weight excluding hydrogens is 276 g/mol. The van der Waals surface area contributed by atoms with Gasteiger partial charge in [-0.05, 0) is 42.5 Å². The van der Waals surface area contributed by atoms with E-state index >= 15 is 0 Å². The first kappa shape index (κ1) is 14.7. The molecule has 0 unspecified atom stereocenters. The summed E-state index contributed by atoms with van der Waals surface area (Å²) >= 11 is 0. The van der Waals surface area contributed by atoms with E-state index in [0.717, 1.165) is 16.8 Å². The molecule has 1 aliphatic carbocycles. The Bertz CT molecular complexity index is 666. The highest BCUT2D eigenvalue weighted by Crippen LogP contribution is 2.37. The summed E-state index contributed by atoms with van der Waals surface area (Å²) < 4.78 is 0. The number of nitrogens with one attached hydrogen (secondary N) is 1. The molecule has 1 aromatic carbocycles. The second-order valence-corrected chi connectivity index (χ2v) is 5.68. The first-order valence-corrected chi connectivity index (χ1v) is 7.70. The zero-order valence-corrected chi connectivity index (χ0v) is 12.5. The number of aliphatic hydroxyl groups is 1. The molecule has 114 valence electrons. The van der Waals surface area contributed by atoms with Crippen LogP contribution in [0.3, 0.4) is 0 Å². The number of aliphatic hydroxyl groups excluding tert-OH is 1. The van der Waals surface area contributed by atoms with Gasteiger partial charge in [-0.15, -0.1) is 0 Å². The summed E-state index contributed by atoms with van der Waals surface area (Å²) in [4.78, 5) is 16.7. The van der Waals surface area contributed by atoms with Crippen molar-refractivity contribution in [3.63, 3.8) is 0 Å². The fourth-order valence-corrected chi connectivity index (χ4v) is 2.76. The van der Waals surface area contributed by atoms with Crippen LogP contribution in [0.15, 0.2) is 42.5 Å². The smallest absolute Gasteiger partial charge is 0.251 e. The van der Waals surface area contributed by atoms with Crippen molar-refractivity contribution in [2.45, 2.75) is 38.3 Å². The Morgan fingerprint density at radius 2 is 1.91 bits per heavy atom. The molecule has 1 heterocycles. The molecule has 1 amide bonds. The van der Waals surface area contributed by atoms with Crippen LogP contribution in [0, 0.1) is 0 Å². The minimum atomic E-state index is -0.0910. The van der Waals surface area contributed by atoms with Crippen LogP contribution in [0.5, 0.6) is 0 Å². The van der Waals surface area contributed by atoms with E-state index in [-0.39, 0.29) is 12.5 Å². The molecule has 1 saturated carbocycles. The molecule has 1 aromatic heterocycles. The second kappa shape index (κ2) is 6.71. The molecule has 1 fully saturated rings. The van der Waals surface area contributed by atoms with Gasteiger partial charge in [0.05, 0.1) is 24.5 Å². The average Bonchev–Trinajstić information content (AvgIpc) is 2.52. The van der Waals surface area contributed by atoms with Crippen LogP contribution in [0.25, 0.3) is 0 Å². The Morgan fingerprint density at radius 3 is 2.64 bits per heavy atom. The number of amides is 1. The molecule has 0 atom stereocenters. The van der Waals surface area contributed by atoms with Crippen LogP contribution in [0.4, 0.5) is 0 Å². The number of nitrogens with zero attached hydrogens (tertiary/aromatic N) is 1.